The quantitative estimate of drug-likeness (QED) is 0.684. The normalized spacial score (nSPS) is 15.1. The molecule has 1 aliphatic rings. The Kier molecular flexibility index (Phi) is 7.02. The topological polar surface area (TPSA) is 84.9 Å². The largest absolute Gasteiger partial charge is 0.494 e. The van der Waals surface area contributed by atoms with Gasteiger partial charge in [0.25, 0.3) is 0 Å². The van der Waals surface area contributed by atoms with Crippen LogP contribution in [-0.2, 0) is 19.6 Å². The van der Waals surface area contributed by atoms with Crippen LogP contribution < -0.4 is 10.1 Å². The van der Waals surface area contributed by atoms with Crippen molar-refractivity contribution in [3.8, 4) is 5.75 Å². The summed E-state index contributed by atoms with van der Waals surface area (Å²) in [5, 5.41) is 2.75. The van der Waals surface area contributed by atoms with Crippen molar-refractivity contribution in [2.75, 3.05) is 38.2 Å². The summed E-state index contributed by atoms with van der Waals surface area (Å²) in [6.07, 6.45) is 0.847. The minimum atomic E-state index is -3.59. The van der Waals surface area contributed by atoms with Gasteiger partial charge < -0.3 is 14.8 Å². The second-order valence-electron chi connectivity index (χ2n) is 6.36. The van der Waals surface area contributed by atoms with Gasteiger partial charge in [-0.2, -0.15) is 4.31 Å². The monoisotopic (exact) mass is 404 g/mol. The molecule has 7 nitrogen and oxygen atoms in total. The van der Waals surface area contributed by atoms with Gasteiger partial charge in [0.2, 0.25) is 15.9 Å². The van der Waals surface area contributed by atoms with E-state index in [4.69, 9.17) is 9.47 Å². The summed E-state index contributed by atoms with van der Waals surface area (Å²) in [5.41, 5.74) is 0.461. The Morgan fingerprint density at radius 3 is 2.57 bits per heavy atom. The molecule has 1 fully saturated rings. The molecule has 0 saturated carbocycles. The van der Waals surface area contributed by atoms with Gasteiger partial charge in [-0.3, -0.25) is 4.79 Å². The number of nitrogens with zero attached hydrogens (tertiary/aromatic N) is 1. The number of para-hydroxylation sites is 1. The molecule has 1 amide bonds. The zero-order valence-electron chi connectivity index (χ0n) is 15.5. The summed E-state index contributed by atoms with van der Waals surface area (Å²) < 4.78 is 37.6. The standard InChI is InChI=1S/C20H24N2O5S/c23-20(10-5-13-27-18-7-2-1-3-8-18)21-17-6-4-9-19(16-17)28(24,25)22-11-14-26-15-12-22/h1-4,6-9,16H,5,10-15H2,(H,21,23). The van der Waals surface area contributed by atoms with E-state index in [1.807, 2.05) is 30.3 Å². The number of rotatable bonds is 8. The maximum atomic E-state index is 12.7. The lowest BCUT2D eigenvalue weighted by Gasteiger charge is -2.26. The molecule has 1 aliphatic heterocycles. The first-order valence-electron chi connectivity index (χ1n) is 9.21. The Balaban J connectivity index is 1.51. The first-order valence-corrected chi connectivity index (χ1v) is 10.7. The average Bonchev–Trinajstić information content (AvgIpc) is 2.73. The molecule has 0 radical (unpaired) electrons. The molecule has 8 heteroatoms. The van der Waals surface area contributed by atoms with Crippen LogP contribution in [0.2, 0.25) is 0 Å². The highest BCUT2D eigenvalue weighted by molar-refractivity contribution is 7.89. The third-order valence-electron chi connectivity index (χ3n) is 4.29. The molecule has 1 N–H and O–H groups in total. The van der Waals surface area contributed by atoms with Crippen LogP contribution in [0.25, 0.3) is 0 Å². The van der Waals surface area contributed by atoms with E-state index in [0.29, 0.717) is 45.0 Å². The summed E-state index contributed by atoms with van der Waals surface area (Å²) in [7, 11) is -3.59. The molecule has 0 aliphatic carbocycles. The third-order valence-corrected chi connectivity index (χ3v) is 6.18. The van der Waals surface area contributed by atoms with Crippen LogP contribution in [0.1, 0.15) is 12.8 Å². The number of carbonyl (C=O) groups excluding carboxylic acids is 1. The fraction of sp³-hybridized carbons (Fsp3) is 0.350. The number of ether oxygens (including phenoxy) is 2. The van der Waals surface area contributed by atoms with Gasteiger partial charge in [-0.05, 0) is 36.8 Å². The van der Waals surface area contributed by atoms with E-state index in [1.54, 1.807) is 12.1 Å². The van der Waals surface area contributed by atoms with E-state index in [-0.39, 0.29) is 17.2 Å². The van der Waals surface area contributed by atoms with E-state index in [1.165, 1.54) is 16.4 Å². The van der Waals surface area contributed by atoms with Crippen LogP contribution in [0.15, 0.2) is 59.5 Å². The van der Waals surface area contributed by atoms with Crippen molar-refractivity contribution < 1.29 is 22.7 Å². The highest BCUT2D eigenvalue weighted by Gasteiger charge is 2.26. The van der Waals surface area contributed by atoms with Crippen LogP contribution in [0.3, 0.4) is 0 Å². The van der Waals surface area contributed by atoms with Crippen molar-refractivity contribution in [1.82, 2.24) is 4.31 Å². The second-order valence-corrected chi connectivity index (χ2v) is 8.30. The summed E-state index contributed by atoms with van der Waals surface area (Å²) in [6, 6.07) is 15.7. The van der Waals surface area contributed by atoms with Gasteiger partial charge in [0, 0.05) is 25.2 Å². The predicted molar refractivity (Wildman–Crippen MR) is 106 cm³/mol. The van der Waals surface area contributed by atoms with Gasteiger partial charge in [0.15, 0.2) is 0 Å². The van der Waals surface area contributed by atoms with Crippen molar-refractivity contribution in [2.24, 2.45) is 0 Å². The molecule has 28 heavy (non-hydrogen) atoms. The number of hydrogen-bond acceptors (Lipinski definition) is 5. The summed E-state index contributed by atoms with van der Waals surface area (Å²) in [4.78, 5) is 12.3. The number of sulfonamides is 1. The maximum absolute atomic E-state index is 12.7. The second kappa shape index (κ2) is 9.68. The van der Waals surface area contributed by atoms with Gasteiger partial charge in [-0.15, -0.1) is 0 Å². The fourth-order valence-electron chi connectivity index (χ4n) is 2.83. The molecule has 0 spiro atoms. The van der Waals surface area contributed by atoms with Crippen molar-refractivity contribution in [3.63, 3.8) is 0 Å². The van der Waals surface area contributed by atoms with E-state index < -0.39 is 10.0 Å². The first kappa shape index (κ1) is 20.3. The lowest BCUT2D eigenvalue weighted by atomic mass is 10.2. The molecule has 0 aromatic heterocycles. The summed E-state index contributed by atoms with van der Waals surface area (Å²) >= 11 is 0. The highest BCUT2D eigenvalue weighted by atomic mass is 32.2. The molecule has 0 bridgehead atoms. The molecule has 150 valence electrons. The molecule has 0 atom stereocenters. The molecule has 2 aromatic carbocycles. The number of hydrogen-bond donors (Lipinski definition) is 1. The number of carbonyl (C=O) groups is 1. The minimum absolute atomic E-state index is 0.166. The van der Waals surface area contributed by atoms with Crippen LogP contribution in [0, 0.1) is 0 Å². The van der Waals surface area contributed by atoms with Crippen molar-refractivity contribution in [1.29, 1.82) is 0 Å². The zero-order valence-corrected chi connectivity index (χ0v) is 16.4. The average molecular weight is 404 g/mol. The Bertz CT molecular complexity index is 880. The number of amides is 1. The molecule has 2 aromatic rings. The number of morpholine rings is 1. The smallest absolute Gasteiger partial charge is 0.243 e. The van der Waals surface area contributed by atoms with Crippen LogP contribution in [0.5, 0.6) is 5.75 Å². The zero-order chi connectivity index (χ0) is 19.8. The maximum Gasteiger partial charge on any atom is 0.243 e. The van der Waals surface area contributed by atoms with E-state index in [9.17, 15) is 13.2 Å². The number of anilines is 1. The van der Waals surface area contributed by atoms with Gasteiger partial charge in [-0.25, -0.2) is 8.42 Å². The van der Waals surface area contributed by atoms with E-state index in [2.05, 4.69) is 5.32 Å². The summed E-state index contributed by atoms with van der Waals surface area (Å²) in [5.74, 6) is 0.585. The van der Waals surface area contributed by atoms with Gasteiger partial charge >= 0.3 is 0 Å². The molecule has 0 unspecified atom stereocenters. The predicted octanol–water partition coefficient (Wildman–Crippen LogP) is 2.51. The van der Waals surface area contributed by atoms with Crippen molar-refractivity contribution >= 4 is 21.6 Å². The Morgan fingerprint density at radius 1 is 1.07 bits per heavy atom. The number of benzene rings is 2. The van der Waals surface area contributed by atoms with Crippen LogP contribution in [0.4, 0.5) is 5.69 Å². The molecular formula is C20H24N2O5S. The minimum Gasteiger partial charge on any atom is -0.494 e. The van der Waals surface area contributed by atoms with Gasteiger partial charge in [0.05, 0.1) is 24.7 Å². The van der Waals surface area contributed by atoms with Crippen LogP contribution >= 0.6 is 0 Å². The molecule has 1 saturated heterocycles. The van der Waals surface area contributed by atoms with E-state index >= 15 is 0 Å². The Morgan fingerprint density at radius 2 is 1.82 bits per heavy atom. The molecular weight excluding hydrogens is 380 g/mol. The fourth-order valence-corrected chi connectivity index (χ4v) is 4.29. The molecule has 3 rings (SSSR count). The summed E-state index contributed by atoms with van der Waals surface area (Å²) in [6.45, 7) is 1.88. The van der Waals surface area contributed by atoms with Gasteiger partial charge in [-0.1, -0.05) is 24.3 Å². The number of nitrogens with one attached hydrogen (secondary N) is 1. The highest BCUT2D eigenvalue weighted by Crippen LogP contribution is 2.20. The van der Waals surface area contributed by atoms with Gasteiger partial charge in [0.1, 0.15) is 5.75 Å². The Labute approximate surface area is 165 Å². The van der Waals surface area contributed by atoms with E-state index in [0.717, 1.165) is 5.75 Å². The Hall–Kier alpha value is -2.42. The lowest BCUT2D eigenvalue weighted by molar-refractivity contribution is -0.116. The molecule has 1 heterocycles. The third kappa shape index (κ3) is 5.54. The van der Waals surface area contributed by atoms with Crippen molar-refractivity contribution in [3.05, 3.63) is 54.6 Å². The lowest BCUT2D eigenvalue weighted by Crippen LogP contribution is -2.40. The van der Waals surface area contributed by atoms with Crippen LogP contribution in [-0.4, -0.2) is 51.5 Å². The SMILES string of the molecule is O=C(CCCOc1ccccc1)Nc1cccc(S(=O)(=O)N2CCOCC2)c1. The van der Waals surface area contributed by atoms with Crippen molar-refractivity contribution in [2.45, 2.75) is 17.7 Å². The first-order chi connectivity index (χ1) is 13.6.